The zero-order valence-electron chi connectivity index (χ0n) is 23.0. The third-order valence-corrected chi connectivity index (χ3v) is 11.5. The summed E-state index contributed by atoms with van der Waals surface area (Å²) in [4.78, 5) is 0. The highest BCUT2D eigenvalue weighted by molar-refractivity contribution is 8.60. The zero-order chi connectivity index (χ0) is 32.0. The number of rotatable bonds is 18. The van der Waals surface area contributed by atoms with Gasteiger partial charge in [0.2, 0.25) is 0 Å². The Morgan fingerprint density at radius 3 is 0.550 bits per heavy atom. The van der Waals surface area contributed by atoms with Gasteiger partial charge >= 0.3 is 0 Å². The molecule has 0 saturated heterocycles. The van der Waals surface area contributed by atoms with Crippen molar-refractivity contribution in [3.8, 4) is 0 Å². The molecule has 40 heavy (non-hydrogen) atoms. The van der Waals surface area contributed by atoms with Crippen molar-refractivity contribution < 1.29 is 0 Å². The van der Waals surface area contributed by atoms with E-state index in [-0.39, 0.29) is 0 Å². The molecule has 0 aliphatic carbocycles. The van der Waals surface area contributed by atoms with E-state index >= 15 is 0 Å². The summed E-state index contributed by atoms with van der Waals surface area (Å²) in [7, 11) is 129. The van der Waals surface area contributed by atoms with Gasteiger partial charge in [-0.3, -0.25) is 7.56 Å². The van der Waals surface area contributed by atoms with E-state index in [4.69, 9.17) is 162 Å². The van der Waals surface area contributed by atoms with Crippen molar-refractivity contribution in [2.75, 3.05) is 0 Å². The quantitative estimate of drug-likeness (QED) is 0.143. The van der Waals surface area contributed by atoms with Crippen LogP contribution in [0.2, 0.25) is 0 Å². The molecule has 0 N–H and O–H groups in total. The summed E-state index contributed by atoms with van der Waals surface area (Å²) in [5.41, 5.74) is 0. The lowest BCUT2D eigenvalue weighted by atomic mass is 8.51. The van der Waals surface area contributed by atoms with Crippen LogP contribution in [0.15, 0.2) is 0 Å². The molecule has 0 nitrogen and oxygen atoms in total. The molecule has 0 aromatic rings. The average molecular weight is 453 g/mol. The summed E-state index contributed by atoms with van der Waals surface area (Å²) in [6, 6.07) is 0. The van der Waals surface area contributed by atoms with E-state index in [0.29, 0.717) is 0 Å². The standard InChI is InChI=1S/B39P/c1-22(2)32(21)37(31(19)20)40(38(33(23(3)4)24(5)6)34(25(7)8)26(9)10)39(35(27(11)12)28(13)14)36(29(15)16)30(17)18. The molecule has 0 unspecified atom stereocenters. The number of hydrogen-bond acceptors (Lipinski definition) is 0. The van der Waals surface area contributed by atoms with Gasteiger partial charge in [0.15, 0.2) is 0 Å². The maximum absolute atomic E-state index is 6.55. The van der Waals surface area contributed by atoms with Crippen molar-refractivity contribution in [3.05, 3.63) is 0 Å². The first-order chi connectivity index (χ1) is 18.1. The molecule has 122 valence electrons. The van der Waals surface area contributed by atoms with E-state index in [1.165, 1.54) is 0 Å². The van der Waals surface area contributed by atoms with Crippen molar-refractivity contribution in [2.24, 2.45) is 0 Å². The predicted molar refractivity (Wildman–Crippen MR) is 231 cm³/mol. The van der Waals surface area contributed by atoms with Crippen LogP contribution < -0.4 is 0 Å². The van der Waals surface area contributed by atoms with Gasteiger partial charge in [-0.15, -0.1) is 0 Å². The first-order valence-corrected chi connectivity index (χ1v) is 14.3. The second-order valence-electron chi connectivity index (χ2n) is 10.6. The molecular formula is B39P. The molecule has 0 aliphatic rings. The largest absolute Gasteiger partial charge is 0.253 e. The van der Waals surface area contributed by atoms with E-state index in [2.05, 4.69) is 0 Å². The molecular weight excluding hydrogens is 453 g/mol. The fourth-order valence-electron chi connectivity index (χ4n) is 5.63. The minimum atomic E-state index is -2.09. The highest BCUT2D eigenvalue weighted by Crippen LogP contribution is 2.49. The van der Waals surface area contributed by atoms with Crippen LogP contribution in [0.5, 0.6) is 0 Å². The summed E-state index contributed by atoms with van der Waals surface area (Å²) in [6.45, 7) is 0. The van der Waals surface area contributed by atoms with Crippen LogP contribution in [0.1, 0.15) is 0 Å². The summed E-state index contributed by atoms with van der Waals surface area (Å²) < 4.78 is 0. The van der Waals surface area contributed by atoms with Crippen LogP contribution in [0.3, 0.4) is 0 Å². The van der Waals surface area contributed by atoms with Crippen LogP contribution in [-0.2, 0) is 0 Å². The van der Waals surface area contributed by atoms with E-state index in [1.54, 1.807) is 0 Å². The normalized spacial score (nSPS) is 9.82. The minimum absolute atomic E-state index is 0.996. The summed E-state index contributed by atoms with van der Waals surface area (Å²) in [5.74, 6) is 0. The van der Waals surface area contributed by atoms with Crippen LogP contribution in [0.4, 0.5) is 0 Å². The molecule has 0 fully saturated rings. The van der Waals surface area contributed by atoms with Gasteiger partial charge in [-0.05, 0) is 0 Å². The minimum Gasteiger partial charge on any atom is -0.253 e. The SMILES string of the molecule is [B]B([B])B([B])B(B([B])[B])P(B(B(B([B])[B])B([B])[B])B(B([B])[B])B([B])[B])B(B(B([B])[B])B([B])[B])B(B([B])[B])B([B])[B]. The van der Waals surface area contributed by atoms with Crippen molar-refractivity contribution in [1.29, 1.82) is 0 Å². The first-order valence-electron chi connectivity index (χ1n) is 12.8. The molecule has 0 aromatic heterocycles. The Hall–Kier alpha value is 2.96. The fraction of sp³-hybridized carbons (Fsp3) is 0. The second kappa shape index (κ2) is 19.6. The lowest BCUT2D eigenvalue weighted by Crippen LogP contribution is -2.81. The van der Waals surface area contributed by atoms with Crippen LogP contribution in [-0.4, -0.2) is 277 Å². The summed E-state index contributed by atoms with van der Waals surface area (Å²) >= 11 is 0. The molecule has 0 atom stereocenters. The Morgan fingerprint density at radius 2 is 0.425 bits per heavy atom. The highest BCUT2D eigenvalue weighted by atomic mass is 31.1. The third-order valence-electron chi connectivity index (χ3n) is 7.40. The molecule has 40 heteroatoms. The number of hydrogen-bond donors (Lipinski definition) is 0. The lowest BCUT2D eigenvalue weighted by molar-refractivity contribution is 3.32. The average Bonchev–Trinajstić information content (AvgIpc) is 2.73. The molecule has 0 amide bonds. The Balaban J connectivity index is 8.34. The van der Waals surface area contributed by atoms with Crippen LogP contribution in [0, 0.1) is 0 Å². The van der Waals surface area contributed by atoms with Gasteiger partial charge in [0.1, 0.15) is 0 Å². The van der Waals surface area contributed by atoms with Crippen molar-refractivity contribution in [1.82, 2.24) is 0 Å². The van der Waals surface area contributed by atoms with Crippen molar-refractivity contribution in [2.45, 2.75) is 0 Å². The molecule has 0 heterocycles. The van der Waals surface area contributed by atoms with E-state index in [0.717, 1.165) is 0 Å². The van der Waals surface area contributed by atoms with E-state index in [9.17, 15) is 0 Å². The van der Waals surface area contributed by atoms with E-state index in [1.807, 2.05) is 0 Å². The molecule has 0 saturated carbocycles. The van der Waals surface area contributed by atoms with Gasteiger partial charge in [0.25, 0.3) is 0 Å². The Morgan fingerprint density at radius 1 is 0.225 bits per heavy atom. The van der Waals surface area contributed by atoms with Crippen LogP contribution in [0.25, 0.3) is 0 Å². The predicted octanol–water partition coefficient (Wildman–Crippen LogP) is -14.0. The highest BCUT2D eigenvalue weighted by Gasteiger charge is 2.55. The van der Waals surface area contributed by atoms with Crippen molar-refractivity contribution in [3.63, 3.8) is 0 Å². The maximum atomic E-state index is 6.55. The van der Waals surface area contributed by atoms with E-state index < -0.39 is 122 Å². The van der Waals surface area contributed by atoms with Crippen molar-refractivity contribution >= 4 is 284 Å². The molecule has 0 aliphatic heterocycles. The topological polar surface area (TPSA) is 0 Å². The van der Waals surface area contributed by atoms with Crippen LogP contribution >= 0.6 is 7.56 Å². The molecule has 0 aromatic carbocycles. The molecule has 42 radical (unpaired) electrons. The fourth-order valence-corrected chi connectivity index (χ4v) is 11.0. The third kappa shape index (κ3) is 11.6. The summed E-state index contributed by atoms with van der Waals surface area (Å²) in [6.07, 6.45) is -20.1. The Bertz CT molecular complexity index is 536. The Kier molecular flexibility index (Phi) is 21.0. The zero-order valence-corrected chi connectivity index (χ0v) is 23.9. The summed E-state index contributed by atoms with van der Waals surface area (Å²) in [5, 5.41) is 0. The Labute approximate surface area is 282 Å². The lowest BCUT2D eigenvalue weighted by Gasteiger charge is -2.56. The maximum Gasteiger partial charge on any atom is 0.0527 e. The first kappa shape index (κ1) is 43.0. The van der Waals surface area contributed by atoms with Gasteiger partial charge in [-0.1, -0.05) is 0 Å². The van der Waals surface area contributed by atoms with Gasteiger partial charge in [0.05, 0.1) is 18.6 Å². The molecule has 0 spiro atoms. The monoisotopic (exact) mass is 460 g/mol. The van der Waals surface area contributed by atoms with Gasteiger partial charge < -0.3 is 0 Å². The van der Waals surface area contributed by atoms with Gasteiger partial charge in [-0.25, -0.2) is 0 Å². The molecule has 0 bridgehead atoms. The van der Waals surface area contributed by atoms with Gasteiger partial charge in [-0.2, -0.15) is 0 Å². The second-order valence-corrected chi connectivity index (χ2v) is 13.3. The smallest absolute Gasteiger partial charge is 0.0527 e. The van der Waals surface area contributed by atoms with Gasteiger partial charge in [0, 0.05) is 258 Å². The molecule has 0 rings (SSSR count).